The summed E-state index contributed by atoms with van der Waals surface area (Å²) in [6, 6.07) is 6.75. The van der Waals surface area contributed by atoms with Crippen LogP contribution in [0.5, 0.6) is 5.75 Å². The highest BCUT2D eigenvalue weighted by Crippen LogP contribution is 2.20. The molecule has 0 radical (unpaired) electrons. The van der Waals surface area contributed by atoms with Crippen molar-refractivity contribution in [3.8, 4) is 5.75 Å². The number of benzene rings is 1. The summed E-state index contributed by atoms with van der Waals surface area (Å²) in [6.45, 7) is 9.27. The quantitative estimate of drug-likeness (QED) is 0.353. The van der Waals surface area contributed by atoms with Gasteiger partial charge in [-0.1, -0.05) is 32.1 Å². The number of rotatable bonds is 13. The van der Waals surface area contributed by atoms with Gasteiger partial charge in [0, 0.05) is 26.7 Å². The van der Waals surface area contributed by atoms with E-state index in [9.17, 15) is 9.59 Å². The van der Waals surface area contributed by atoms with Crippen molar-refractivity contribution in [2.75, 3.05) is 26.9 Å². The first-order valence-electron chi connectivity index (χ1n) is 9.50. The van der Waals surface area contributed by atoms with Gasteiger partial charge in [0.25, 0.3) is 5.91 Å². The minimum atomic E-state index is -1.09. The van der Waals surface area contributed by atoms with Crippen LogP contribution in [0.25, 0.3) is 0 Å². The molecule has 2 amide bonds. The zero-order chi connectivity index (χ0) is 20.9. The second kappa shape index (κ2) is 12.8. The average Bonchev–Trinajstić information content (AvgIpc) is 2.67. The van der Waals surface area contributed by atoms with Gasteiger partial charge in [-0.05, 0) is 30.4 Å². The molecule has 0 saturated carbocycles. The Bertz CT molecular complexity index is 633. The first kappa shape index (κ1) is 23.5. The van der Waals surface area contributed by atoms with E-state index in [0.29, 0.717) is 37.5 Å². The fourth-order valence-corrected chi connectivity index (χ4v) is 2.77. The summed E-state index contributed by atoms with van der Waals surface area (Å²) < 4.78 is 10.7. The number of hydrogen-bond acceptors (Lipinski definition) is 4. The van der Waals surface area contributed by atoms with Crippen LogP contribution in [0.1, 0.15) is 37.0 Å². The Morgan fingerprint density at radius 3 is 2.57 bits per heavy atom. The van der Waals surface area contributed by atoms with Crippen molar-refractivity contribution in [2.45, 2.75) is 32.7 Å². The minimum Gasteiger partial charge on any atom is -0.493 e. The molecule has 0 aromatic heterocycles. The third-order valence-electron chi connectivity index (χ3n) is 4.50. The molecule has 1 aromatic carbocycles. The lowest BCUT2D eigenvalue weighted by molar-refractivity contribution is 0.0936. The number of methoxy groups -OCH3 is 1. The Hall–Kier alpha value is -2.54. The van der Waals surface area contributed by atoms with Crippen LogP contribution in [-0.4, -0.2) is 50.0 Å². The Morgan fingerprint density at radius 2 is 1.96 bits per heavy atom. The number of amides is 2. The third-order valence-corrected chi connectivity index (χ3v) is 4.50. The molecule has 1 rings (SSSR count). The molecule has 0 aliphatic rings. The van der Waals surface area contributed by atoms with Crippen LogP contribution in [0.4, 0.5) is 4.79 Å². The summed E-state index contributed by atoms with van der Waals surface area (Å²) in [5, 5.41) is 14.3. The maximum atomic E-state index is 12.7. The first-order valence-corrected chi connectivity index (χ1v) is 9.50. The molecule has 0 bridgehead atoms. The van der Waals surface area contributed by atoms with Gasteiger partial charge in [-0.3, -0.25) is 4.79 Å². The van der Waals surface area contributed by atoms with Crippen LogP contribution in [-0.2, 0) is 4.74 Å². The molecule has 0 unspecified atom stereocenters. The van der Waals surface area contributed by atoms with Gasteiger partial charge >= 0.3 is 6.09 Å². The molecule has 0 saturated heterocycles. The molecule has 2 atom stereocenters. The molecule has 0 spiro atoms. The van der Waals surface area contributed by atoms with E-state index < -0.39 is 6.09 Å². The fraction of sp³-hybridized carbons (Fsp3) is 0.524. The van der Waals surface area contributed by atoms with Crippen LogP contribution in [0, 0.1) is 11.8 Å². The molecule has 7 nitrogen and oxygen atoms in total. The first-order chi connectivity index (χ1) is 13.4. The van der Waals surface area contributed by atoms with Crippen LogP contribution in [0.2, 0.25) is 0 Å². The van der Waals surface area contributed by atoms with Crippen molar-refractivity contribution in [3.05, 3.63) is 42.5 Å². The third kappa shape index (κ3) is 8.43. The predicted molar refractivity (Wildman–Crippen MR) is 109 cm³/mol. The topological polar surface area (TPSA) is 96.9 Å². The van der Waals surface area contributed by atoms with Gasteiger partial charge in [-0.25, -0.2) is 4.79 Å². The van der Waals surface area contributed by atoms with Crippen molar-refractivity contribution < 1.29 is 24.2 Å². The van der Waals surface area contributed by atoms with Crippen molar-refractivity contribution in [3.63, 3.8) is 0 Å². The second-order valence-corrected chi connectivity index (χ2v) is 6.93. The number of carbonyl (C=O) groups excluding carboxylic acids is 1. The maximum absolute atomic E-state index is 12.7. The number of ether oxygens (including phenoxy) is 2. The highest BCUT2D eigenvalue weighted by atomic mass is 16.5. The average molecular weight is 392 g/mol. The molecule has 0 fully saturated rings. The van der Waals surface area contributed by atoms with E-state index in [-0.39, 0.29) is 23.8 Å². The van der Waals surface area contributed by atoms with Gasteiger partial charge in [0.2, 0.25) is 0 Å². The van der Waals surface area contributed by atoms with E-state index in [2.05, 4.69) is 17.2 Å². The molecule has 3 N–H and O–H groups in total. The number of hydrogen-bond donors (Lipinski definition) is 3. The predicted octanol–water partition coefficient (Wildman–Crippen LogP) is 3.32. The zero-order valence-electron chi connectivity index (χ0n) is 16.9. The van der Waals surface area contributed by atoms with Gasteiger partial charge in [0.15, 0.2) is 0 Å². The normalized spacial score (nSPS) is 12.9. The Labute approximate surface area is 167 Å². The SMILES string of the molecule is C=C[C@H](C[C@H](CNC(=O)c1ccccc1OCCCOC)C(C)C)NC(=O)O. The largest absolute Gasteiger partial charge is 0.493 e. The number of carboxylic acid groups (broad SMARTS) is 1. The van der Waals surface area contributed by atoms with Crippen LogP contribution in [0.15, 0.2) is 36.9 Å². The van der Waals surface area contributed by atoms with E-state index >= 15 is 0 Å². The number of nitrogens with one attached hydrogen (secondary N) is 2. The molecular weight excluding hydrogens is 360 g/mol. The van der Waals surface area contributed by atoms with Crippen LogP contribution in [0.3, 0.4) is 0 Å². The molecule has 1 aromatic rings. The number of carbonyl (C=O) groups is 2. The van der Waals surface area contributed by atoms with Crippen molar-refractivity contribution >= 4 is 12.0 Å². The lowest BCUT2D eigenvalue weighted by atomic mass is 9.89. The van der Waals surface area contributed by atoms with E-state index in [4.69, 9.17) is 14.6 Å². The second-order valence-electron chi connectivity index (χ2n) is 6.93. The lowest BCUT2D eigenvalue weighted by Gasteiger charge is -2.25. The van der Waals surface area contributed by atoms with E-state index in [1.165, 1.54) is 0 Å². The molecule has 0 aliphatic carbocycles. The van der Waals surface area contributed by atoms with Gasteiger partial charge in [-0.15, -0.1) is 6.58 Å². The molecule has 28 heavy (non-hydrogen) atoms. The zero-order valence-corrected chi connectivity index (χ0v) is 16.9. The van der Waals surface area contributed by atoms with Crippen molar-refractivity contribution in [2.24, 2.45) is 11.8 Å². The minimum absolute atomic E-state index is 0.0913. The smallest absolute Gasteiger partial charge is 0.405 e. The summed E-state index contributed by atoms with van der Waals surface area (Å²) in [5.74, 6) is 0.676. The molecule has 0 aliphatic heterocycles. The van der Waals surface area contributed by atoms with E-state index in [0.717, 1.165) is 6.42 Å². The Kier molecular flexibility index (Phi) is 10.7. The molecule has 0 heterocycles. The summed E-state index contributed by atoms with van der Waals surface area (Å²) in [4.78, 5) is 23.6. The molecule has 156 valence electrons. The van der Waals surface area contributed by atoms with E-state index in [1.54, 1.807) is 31.4 Å². The van der Waals surface area contributed by atoms with Crippen molar-refractivity contribution in [1.29, 1.82) is 0 Å². The van der Waals surface area contributed by atoms with Gasteiger partial charge < -0.3 is 25.2 Å². The standard InChI is InChI=1S/C21H32N2O5/c1-5-17(23-21(25)26)13-16(15(2)3)14-22-20(24)18-9-6-7-10-19(18)28-12-8-11-27-4/h5-7,9-10,15-17,23H,1,8,11-14H2,2-4H3,(H,22,24)(H,25,26)/t16-,17-/m1/s1. The van der Waals surface area contributed by atoms with Crippen LogP contribution < -0.4 is 15.4 Å². The summed E-state index contributed by atoms with van der Waals surface area (Å²) in [6.07, 6.45) is 1.79. The monoisotopic (exact) mass is 392 g/mol. The lowest BCUT2D eigenvalue weighted by Crippen LogP contribution is -2.38. The van der Waals surface area contributed by atoms with Gasteiger partial charge in [0.05, 0.1) is 18.2 Å². The van der Waals surface area contributed by atoms with Gasteiger partial charge in [-0.2, -0.15) is 0 Å². The van der Waals surface area contributed by atoms with Crippen LogP contribution >= 0.6 is 0 Å². The Balaban J connectivity index is 2.69. The van der Waals surface area contributed by atoms with Gasteiger partial charge in [0.1, 0.15) is 5.75 Å². The molecule has 7 heteroatoms. The number of para-hydroxylation sites is 1. The summed E-state index contributed by atoms with van der Waals surface area (Å²) in [5.41, 5.74) is 0.478. The summed E-state index contributed by atoms with van der Waals surface area (Å²) >= 11 is 0. The van der Waals surface area contributed by atoms with Crippen molar-refractivity contribution in [1.82, 2.24) is 10.6 Å². The fourth-order valence-electron chi connectivity index (χ4n) is 2.77. The highest BCUT2D eigenvalue weighted by molar-refractivity contribution is 5.96. The summed E-state index contributed by atoms with van der Waals surface area (Å²) in [7, 11) is 1.63. The Morgan fingerprint density at radius 1 is 1.25 bits per heavy atom. The van der Waals surface area contributed by atoms with E-state index in [1.807, 2.05) is 19.9 Å². The molecular formula is C21H32N2O5. The highest BCUT2D eigenvalue weighted by Gasteiger charge is 2.21. The maximum Gasteiger partial charge on any atom is 0.405 e.